The minimum absolute atomic E-state index is 0.0204. The smallest absolute Gasteiger partial charge is 0.226 e. The molecule has 2 aromatic heterocycles. The fourth-order valence-corrected chi connectivity index (χ4v) is 5.49. The number of halogens is 1. The lowest BCUT2D eigenvalue weighted by Crippen LogP contribution is -2.26. The van der Waals surface area contributed by atoms with Gasteiger partial charge in [0.1, 0.15) is 37.1 Å². The van der Waals surface area contributed by atoms with Crippen LogP contribution >= 0.6 is 11.6 Å². The molecule has 5 aromatic rings. The molecule has 0 fully saturated rings. The standard InChI is InChI=1S/C38H31ClN4O5/c1-24-29(23-48-37-16-36(30(21-45)14-35(37)39)47-22-27-13-26(17-40)18-41-19-27)5-3-7-33(24)34-8-4-6-32(25(34)2)28-9-10-31(43-20-28)15-38(46)42-11-12-44/h3-10,12-14,16,18-21H,11,15,22-23H2,1-2H3,(H,42,46). The number of nitriles is 1. The van der Waals surface area contributed by atoms with Gasteiger partial charge in [-0.2, -0.15) is 5.26 Å². The van der Waals surface area contributed by atoms with Crippen molar-refractivity contribution in [2.45, 2.75) is 33.5 Å². The van der Waals surface area contributed by atoms with E-state index in [-0.39, 0.29) is 42.7 Å². The maximum atomic E-state index is 12.0. The summed E-state index contributed by atoms with van der Waals surface area (Å²) in [6, 6.07) is 22.7. The summed E-state index contributed by atoms with van der Waals surface area (Å²) < 4.78 is 12.1. The van der Waals surface area contributed by atoms with Gasteiger partial charge in [0, 0.05) is 41.5 Å². The van der Waals surface area contributed by atoms with Crippen LogP contribution in [0, 0.1) is 25.2 Å². The maximum absolute atomic E-state index is 12.0. The van der Waals surface area contributed by atoms with Gasteiger partial charge >= 0.3 is 0 Å². The number of pyridine rings is 2. The number of aromatic nitrogens is 2. The number of carbonyl (C=O) groups excluding carboxylic acids is 3. The van der Waals surface area contributed by atoms with Crippen molar-refractivity contribution >= 4 is 30.1 Å². The van der Waals surface area contributed by atoms with E-state index in [2.05, 4.69) is 34.3 Å². The number of carbonyl (C=O) groups is 3. The number of nitrogens with one attached hydrogen (secondary N) is 1. The molecule has 1 amide bonds. The van der Waals surface area contributed by atoms with Crippen LogP contribution in [0.5, 0.6) is 11.5 Å². The van der Waals surface area contributed by atoms with Crippen LogP contribution in [0.1, 0.15) is 43.9 Å². The monoisotopic (exact) mass is 658 g/mol. The molecule has 240 valence electrons. The predicted octanol–water partition coefficient (Wildman–Crippen LogP) is 6.78. The number of nitrogens with zero attached hydrogens (tertiary/aromatic N) is 3. The number of hydrogen-bond acceptors (Lipinski definition) is 8. The van der Waals surface area contributed by atoms with Crippen LogP contribution in [0.3, 0.4) is 0 Å². The Labute approximate surface area is 283 Å². The van der Waals surface area contributed by atoms with E-state index in [1.54, 1.807) is 24.5 Å². The van der Waals surface area contributed by atoms with Crippen molar-refractivity contribution in [3.05, 3.63) is 129 Å². The topological polar surface area (TPSA) is 131 Å². The van der Waals surface area contributed by atoms with Crippen LogP contribution in [0.2, 0.25) is 5.02 Å². The van der Waals surface area contributed by atoms with Gasteiger partial charge in [-0.25, -0.2) is 0 Å². The Morgan fingerprint density at radius 2 is 1.65 bits per heavy atom. The van der Waals surface area contributed by atoms with Gasteiger partial charge in [-0.1, -0.05) is 54.1 Å². The Balaban J connectivity index is 1.34. The van der Waals surface area contributed by atoms with Gasteiger partial charge in [0.2, 0.25) is 5.91 Å². The third-order valence-corrected chi connectivity index (χ3v) is 8.12. The molecule has 0 aliphatic heterocycles. The predicted molar refractivity (Wildman–Crippen MR) is 182 cm³/mol. The zero-order valence-electron chi connectivity index (χ0n) is 26.3. The number of aldehydes is 2. The van der Waals surface area contributed by atoms with Crippen LogP contribution in [-0.2, 0) is 29.2 Å². The highest BCUT2D eigenvalue weighted by Crippen LogP contribution is 2.36. The lowest BCUT2D eigenvalue weighted by molar-refractivity contribution is -0.121. The van der Waals surface area contributed by atoms with Gasteiger partial charge in [0.05, 0.1) is 29.1 Å². The number of amides is 1. The Morgan fingerprint density at radius 3 is 2.38 bits per heavy atom. The van der Waals surface area contributed by atoms with Crippen molar-refractivity contribution in [2.24, 2.45) is 0 Å². The molecular formula is C38H31ClN4O5. The number of hydrogen-bond donors (Lipinski definition) is 1. The molecule has 48 heavy (non-hydrogen) atoms. The van der Waals surface area contributed by atoms with Crippen LogP contribution in [0.25, 0.3) is 22.3 Å². The number of rotatable bonds is 13. The van der Waals surface area contributed by atoms with Gasteiger partial charge in [-0.05, 0) is 65.4 Å². The van der Waals surface area contributed by atoms with E-state index in [1.807, 2.05) is 49.4 Å². The molecule has 0 spiro atoms. The van der Waals surface area contributed by atoms with Crippen LogP contribution in [0.4, 0.5) is 0 Å². The first-order chi connectivity index (χ1) is 23.3. The lowest BCUT2D eigenvalue weighted by Gasteiger charge is -2.17. The molecule has 0 saturated heterocycles. The molecule has 0 atom stereocenters. The largest absolute Gasteiger partial charge is 0.488 e. The second-order valence-corrected chi connectivity index (χ2v) is 11.4. The fourth-order valence-electron chi connectivity index (χ4n) is 5.26. The fraction of sp³-hybridized carbons (Fsp3) is 0.158. The first-order valence-electron chi connectivity index (χ1n) is 15.0. The van der Waals surface area contributed by atoms with Crippen molar-refractivity contribution in [3.8, 4) is 39.8 Å². The third kappa shape index (κ3) is 7.92. The average molecular weight is 659 g/mol. The van der Waals surface area contributed by atoms with E-state index in [0.29, 0.717) is 40.9 Å². The number of benzene rings is 3. The summed E-state index contributed by atoms with van der Waals surface area (Å²) in [4.78, 5) is 42.8. The summed E-state index contributed by atoms with van der Waals surface area (Å²) in [5, 5.41) is 11.9. The second-order valence-electron chi connectivity index (χ2n) is 11.0. The van der Waals surface area contributed by atoms with E-state index in [4.69, 9.17) is 26.3 Å². The zero-order chi connectivity index (χ0) is 34.0. The normalized spacial score (nSPS) is 10.5. The van der Waals surface area contributed by atoms with Crippen molar-refractivity contribution in [2.75, 3.05) is 6.54 Å². The van der Waals surface area contributed by atoms with E-state index in [1.165, 1.54) is 12.3 Å². The Kier molecular flexibility index (Phi) is 10.9. The van der Waals surface area contributed by atoms with Crippen molar-refractivity contribution < 1.29 is 23.9 Å². The molecule has 5 rings (SSSR count). The summed E-state index contributed by atoms with van der Waals surface area (Å²) in [6.45, 7) is 4.41. The number of ether oxygens (including phenoxy) is 2. The molecule has 10 heteroatoms. The second kappa shape index (κ2) is 15.6. The van der Waals surface area contributed by atoms with Gasteiger partial charge < -0.3 is 19.6 Å². The zero-order valence-corrected chi connectivity index (χ0v) is 27.1. The first kappa shape index (κ1) is 33.5. The average Bonchev–Trinajstić information content (AvgIpc) is 3.10. The van der Waals surface area contributed by atoms with Gasteiger partial charge in [-0.3, -0.25) is 19.6 Å². The molecule has 2 heterocycles. The molecule has 0 aliphatic rings. The highest BCUT2D eigenvalue weighted by atomic mass is 35.5. The van der Waals surface area contributed by atoms with Gasteiger partial charge in [0.25, 0.3) is 0 Å². The molecule has 0 radical (unpaired) electrons. The van der Waals surface area contributed by atoms with Gasteiger partial charge in [0.15, 0.2) is 6.29 Å². The van der Waals surface area contributed by atoms with Crippen LogP contribution < -0.4 is 14.8 Å². The van der Waals surface area contributed by atoms with E-state index >= 15 is 0 Å². The highest BCUT2D eigenvalue weighted by Gasteiger charge is 2.15. The third-order valence-electron chi connectivity index (χ3n) is 7.82. The summed E-state index contributed by atoms with van der Waals surface area (Å²) in [7, 11) is 0. The van der Waals surface area contributed by atoms with E-state index < -0.39 is 0 Å². The molecular weight excluding hydrogens is 628 g/mol. The summed E-state index contributed by atoms with van der Waals surface area (Å²) in [5.41, 5.74) is 9.08. The van der Waals surface area contributed by atoms with Crippen LogP contribution in [0.15, 0.2) is 85.3 Å². The van der Waals surface area contributed by atoms with E-state index in [0.717, 1.165) is 38.9 Å². The van der Waals surface area contributed by atoms with Gasteiger partial charge in [-0.15, -0.1) is 0 Å². The van der Waals surface area contributed by atoms with Crippen molar-refractivity contribution in [1.82, 2.24) is 15.3 Å². The molecule has 0 aliphatic carbocycles. The minimum atomic E-state index is -0.259. The maximum Gasteiger partial charge on any atom is 0.226 e. The molecule has 1 N–H and O–H groups in total. The lowest BCUT2D eigenvalue weighted by atomic mass is 9.90. The van der Waals surface area contributed by atoms with Crippen LogP contribution in [-0.4, -0.2) is 35.0 Å². The van der Waals surface area contributed by atoms with E-state index in [9.17, 15) is 14.4 Å². The SMILES string of the molecule is Cc1c(COc2cc(OCc3cncc(C#N)c3)c(C=O)cc2Cl)cccc1-c1cccc(-c2ccc(CC(=O)NCC=O)nc2)c1C. The molecule has 0 saturated carbocycles. The Bertz CT molecular complexity index is 2020. The minimum Gasteiger partial charge on any atom is -0.488 e. The van der Waals surface area contributed by atoms with Crippen molar-refractivity contribution in [1.29, 1.82) is 5.26 Å². The summed E-state index contributed by atoms with van der Waals surface area (Å²) in [5.74, 6) is 0.403. The van der Waals surface area contributed by atoms with Crippen molar-refractivity contribution in [3.63, 3.8) is 0 Å². The Morgan fingerprint density at radius 1 is 0.896 bits per heavy atom. The first-order valence-corrected chi connectivity index (χ1v) is 15.4. The quantitative estimate of drug-likeness (QED) is 0.137. The highest BCUT2D eigenvalue weighted by molar-refractivity contribution is 6.32. The summed E-state index contributed by atoms with van der Waals surface area (Å²) >= 11 is 6.50. The summed E-state index contributed by atoms with van der Waals surface area (Å²) in [6.07, 6.45) is 6.22. The molecule has 0 bridgehead atoms. The Hall–Kier alpha value is -5.85. The molecule has 0 unspecified atom stereocenters. The molecule has 3 aromatic carbocycles. The molecule has 9 nitrogen and oxygen atoms in total.